The number of pyridine rings is 1. The van der Waals surface area contributed by atoms with Gasteiger partial charge in [0.25, 0.3) is 0 Å². The predicted octanol–water partition coefficient (Wildman–Crippen LogP) is 3.31. The van der Waals surface area contributed by atoms with E-state index in [1.807, 2.05) is 28.9 Å². The maximum atomic E-state index is 13.2. The van der Waals surface area contributed by atoms with Gasteiger partial charge in [0, 0.05) is 39.0 Å². The summed E-state index contributed by atoms with van der Waals surface area (Å²) in [5.41, 5.74) is 4.06. The summed E-state index contributed by atoms with van der Waals surface area (Å²) < 4.78 is 15.2. The normalized spacial score (nSPS) is 11.3. The zero-order valence-corrected chi connectivity index (χ0v) is 17.2. The summed E-state index contributed by atoms with van der Waals surface area (Å²) in [7, 11) is 1.72. The van der Waals surface area contributed by atoms with Crippen molar-refractivity contribution in [1.29, 1.82) is 0 Å². The molecule has 0 radical (unpaired) electrons. The van der Waals surface area contributed by atoms with Crippen LogP contribution < -0.4 is 10.6 Å². The van der Waals surface area contributed by atoms with E-state index < -0.39 is 0 Å². The third-order valence-electron chi connectivity index (χ3n) is 3.97. The van der Waals surface area contributed by atoms with Crippen molar-refractivity contribution in [2.45, 2.75) is 19.9 Å². The predicted molar refractivity (Wildman–Crippen MR) is 114 cm³/mol. The van der Waals surface area contributed by atoms with Crippen molar-refractivity contribution < 1.29 is 4.39 Å². The van der Waals surface area contributed by atoms with Crippen LogP contribution in [0.4, 0.5) is 4.39 Å². The molecular formula is C19H23FIN5. The average Bonchev–Trinajstić information content (AvgIpc) is 3.02. The number of aromatic nitrogens is 2. The van der Waals surface area contributed by atoms with E-state index in [1.165, 1.54) is 12.1 Å². The minimum absolute atomic E-state index is 0. The molecule has 2 heterocycles. The number of hydrogen-bond donors (Lipinski definition) is 2. The Labute approximate surface area is 169 Å². The van der Waals surface area contributed by atoms with Crippen molar-refractivity contribution in [3.8, 4) is 0 Å². The molecule has 0 aliphatic heterocycles. The lowest BCUT2D eigenvalue weighted by molar-refractivity contribution is 0.624. The Balaban J connectivity index is 0.00000243. The lowest BCUT2D eigenvalue weighted by atomic mass is 10.2. The molecule has 0 amide bonds. The number of guanidine groups is 1. The fourth-order valence-corrected chi connectivity index (χ4v) is 2.69. The lowest BCUT2D eigenvalue weighted by Crippen LogP contribution is -2.37. The minimum Gasteiger partial charge on any atom is -0.356 e. The number of nitrogens with one attached hydrogen (secondary N) is 2. The molecule has 0 bridgehead atoms. The van der Waals surface area contributed by atoms with E-state index in [0.29, 0.717) is 19.0 Å². The van der Waals surface area contributed by atoms with Crippen LogP contribution >= 0.6 is 24.0 Å². The van der Waals surface area contributed by atoms with Crippen LogP contribution in [-0.4, -0.2) is 28.9 Å². The van der Waals surface area contributed by atoms with Crippen molar-refractivity contribution >= 4 is 35.6 Å². The van der Waals surface area contributed by atoms with Gasteiger partial charge in [-0.3, -0.25) is 4.99 Å². The molecule has 1 aromatic carbocycles. The van der Waals surface area contributed by atoms with Crippen LogP contribution in [0.5, 0.6) is 0 Å². The van der Waals surface area contributed by atoms with Gasteiger partial charge in [-0.25, -0.2) is 9.37 Å². The summed E-state index contributed by atoms with van der Waals surface area (Å²) in [5, 5.41) is 6.44. The van der Waals surface area contributed by atoms with Crippen molar-refractivity contribution in [1.82, 2.24) is 20.0 Å². The summed E-state index contributed by atoms with van der Waals surface area (Å²) in [5.74, 6) is 0.452. The summed E-state index contributed by atoms with van der Waals surface area (Å²) in [6.45, 7) is 3.29. The van der Waals surface area contributed by atoms with Crippen LogP contribution in [0.2, 0.25) is 0 Å². The van der Waals surface area contributed by atoms with E-state index in [9.17, 15) is 4.39 Å². The zero-order chi connectivity index (χ0) is 17.6. The van der Waals surface area contributed by atoms with Gasteiger partial charge in [-0.05, 0) is 36.2 Å². The third-order valence-corrected chi connectivity index (χ3v) is 3.97. The highest BCUT2D eigenvalue weighted by atomic mass is 127. The van der Waals surface area contributed by atoms with E-state index in [1.54, 1.807) is 13.1 Å². The average molecular weight is 467 g/mol. The number of hydrogen-bond acceptors (Lipinski definition) is 2. The van der Waals surface area contributed by atoms with Crippen LogP contribution in [0.25, 0.3) is 5.65 Å². The number of rotatable bonds is 5. The van der Waals surface area contributed by atoms with Gasteiger partial charge < -0.3 is 15.0 Å². The van der Waals surface area contributed by atoms with Crippen molar-refractivity contribution in [3.05, 3.63) is 71.4 Å². The Morgan fingerprint density at radius 3 is 2.81 bits per heavy atom. The van der Waals surface area contributed by atoms with E-state index in [4.69, 9.17) is 0 Å². The quantitative estimate of drug-likeness (QED) is 0.344. The third kappa shape index (κ3) is 5.17. The number of nitrogens with zero attached hydrogens (tertiary/aromatic N) is 3. The minimum atomic E-state index is -0.232. The monoisotopic (exact) mass is 467 g/mol. The van der Waals surface area contributed by atoms with Crippen molar-refractivity contribution in [2.75, 3.05) is 13.6 Å². The molecule has 5 nitrogen and oxygen atoms in total. The smallest absolute Gasteiger partial charge is 0.191 e. The topological polar surface area (TPSA) is 53.7 Å². The van der Waals surface area contributed by atoms with Crippen LogP contribution in [0.1, 0.15) is 16.8 Å². The van der Waals surface area contributed by atoms with Crippen LogP contribution in [0.3, 0.4) is 0 Å². The Hall–Kier alpha value is -2.16. The fourth-order valence-electron chi connectivity index (χ4n) is 2.69. The number of benzene rings is 1. The Morgan fingerprint density at radius 2 is 2.08 bits per heavy atom. The molecule has 26 heavy (non-hydrogen) atoms. The molecule has 0 saturated heterocycles. The van der Waals surface area contributed by atoms with E-state index >= 15 is 0 Å². The molecule has 0 fully saturated rings. The number of aliphatic imine (C=N–C) groups is 1. The van der Waals surface area contributed by atoms with Crippen LogP contribution in [0.15, 0.2) is 53.8 Å². The number of aryl methyl sites for hydroxylation is 1. The SMILES string of the molecule is CN=C(NCCc1cn2cccc(C)c2n1)NCc1cccc(F)c1.I. The van der Waals surface area contributed by atoms with Crippen LogP contribution in [0, 0.1) is 12.7 Å². The Morgan fingerprint density at radius 1 is 1.23 bits per heavy atom. The van der Waals surface area contributed by atoms with Crippen molar-refractivity contribution in [3.63, 3.8) is 0 Å². The van der Waals surface area contributed by atoms with E-state index in [-0.39, 0.29) is 29.8 Å². The molecule has 0 aliphatic carbocycles. The molecule has 0 aliphatic rings. The first-order chi connectivity index (χ1) is 12.2. The highest BCUT2D eigenvalue weighted by Crippen LogP contribution is 2.10. The molecule has 7 heteroatoms. The first-order valence-corrected chi connectivity index (χ1v) is 8.28. The number of fused-ring (bicyclic) bond motifs is 1. The number of halogens is 2. The van der Waals surface area contributed by atoms with Gasteiger partial charge in [-0.2, -0.15) is 0 Å². The summed E-state index contributed by atoms with van der Waals surface area (Å²) in [4.78, 5) is 8.85. The van der Waals surface area contributed by atoms with E-state index in [2.05, 4.69) is 33.6 Å². The Kier molecular flexibility index (Phi) is 7.38. The highest BCUT2D eigenvalue weighted by molar-refractivity contribution is 14.0. The molecule has 0 saturated carbocycles. The zero-order valence-electron chi connectivity index (χ0n) is 14.9. The summed E-state index contributed by atoms with van der Waals surface area (Å²) in [6.07, 6.45) is 4.85. The summed E-state index contributed by atoms with van der Waals surface area (Å²) >= 11 is 0. The largest absolute Gasteiger partial charge is 0.356 e. The first-order valence-electron chi connectivity index (χ1n) is 8.28. The van der Waals surface area contributed by atoms with Gasteiger partial charge in [-0.15, -0.1) is 24.0 Å². The van der Waals surface area contributed by atoms with Crippen LogP contribution in [-0.2, 0) is 13.0 Å². The lowest BCUT2D eigenvalue weighted by Gasteiger charge is -2.11. The second kappa shape index (κ2) is 9.51. The van der Waals surface area contributed by atoms with Gasteiger partial charge >= 0.3 is 0 Å². The van der Waals surface area contributed by atoms with Crippen molar-refractivity contribution in [2.24, 2.45) is 4.99 Å². The standard InChI is InChI=1S/C19H22FN5.HI/c1-14-5-4-10-25-13-17(24-18(14)25)8-9-22-19(21-2)23-12-15-6-3-7-16(20)11-15;/h3-7,10-11,13H,8-9,12H2,1-2H3,(H2,21,22,23);1H. The second-order valence-electron chi connectivity index (χ2n) is 5.89. The number of imidazole rings is 1. The van der Waals surface area contributed by atoms with E-state index in [0.717, 1.165) is 28.9 Å². The van der Waals surface area contributed by atoms with Gasteiger partial charge in [0.2, 0.25) is 0 Å². The molecule has 138 valence electrons. The fraction of sp³-hybridized carbons (Fsp3) is 0.263. The molecule has 2 N–H and O–H groups in total. The van der Waals surface area contributed by atoms with Gasteiger partial charge in [0.05, 0.1) is 5.69 Å². The molecule has 3 aromatic rings. The second-order valence-corrected chi connectivity index (χ2v) is 5.89. The summed E-state index contributed by atoms with van der Waals surface area (Å²) in [6, 6.07) is 10.6. The highest BCUT2D eigenvalue weighted by Gasteiger charge is 2.04. The molecule has 3 rings (SSSR count). The molecule has 0 unspecified atom stereocenters. The molecule has 0 atom stereocenters. The maximum Gasteiger partial charge on any atom is 0.191 e. The van der Waals surface area contributed by atoms with Gasteiger partial charge in [0.1, 0.15) is 11.5 Å². The molecular weight excluding hydrogens is 444 g/mol. The Bertz CT molecular complexity index is 891. The molecule has 0 spiro atoms. The first kappa shape index (κ1) is 20.2. The van der Waals surface area contributed by atoms with Gasteiger partial charge in [0.15, 0.2) is 5.96 Å². The molecule has 2 aromatic heterocycles. The van der Waals surface area contributed by atoms with Gasteiger partial charge in [-0.1, -0.05) is 18.2 Å². The maximum absolute atomic E-state index is 13.2.